The number of oxazole rings is 1. The molecular formula is C27H23ClN6O5. The van der Waals surface area contributed by atoms with Crippen molar-refractivity contribution >= 4 is 34.4 Å². The Morgan fingerprint density at radius 3 is 2.51 bits per heavy atom. The summed E-state index contributed by atoms with van der Waals surface area (Å²) in [7, 11) is 0. The fourth-order valence-corrected chi connectivity index (χ4v) is 4.17. The zero-order valence-electron chi connectivity index (χ0n) is 20.9. The van der Waals surface area contributed by atoms with E-state index in [0.29, 0.717) is 27.7 Å². The van der Waals surface area contributed by atoms with Crippen LogP contribution in [-0.2, 0) is 11.3 Å². The standard InChI is InChI=1S/C27H23ClN6O5/c1-15(24(35)36)16(2)34-26(37)32-25(33(27(34)38)14-17-3-5-19(28)6-4-17)30-20-7-8-22-21(13-20)31-23(39-22)18-9-11-29-12-10-18/h3-13,15-16H,14H2,1-2H3,(H,35,36)(H,30,32,37)/t15-,16+/m1/s1. The molecule has 2 aromatic carbocycles. The molecule has 0 saturated heterocycles. The number of benzene rings is 2. The molecule has 0 amide bonds. The highest BCUT2D eigenvalue weighted by Gasteiger charge is 2.25. The molecular weight excluding hydrogens is 524 g/mol. The monoisotopic (exact) mass is 546 g/mol. The van der Waals surface area contributed by atoms with Gasteiger partial charge < -0.3 is 9.52 Å². The fraction of sp³-hybridized carbons (Fsp3) is 0.185. The van der Waals surface area contributed by atoms with Crippen molar-refractivity contribution in [2.45, 2.75) is 26.4 Å². The Bertz CT molecular complexity index is 1850. The number of aliphatic carboxylic acids is 1. The summed E-state index contributed by atoms with van der Waals surface area (Å²) < 4.78 is 8.02. The van der Waals surface area contributed by atoms with E-state index in [2.05, 4.69) is 19.9 Å². The molecule has 3 heterocycles. The van der Waals surface area contributed by atoms with Gasteiger partial charge in [0, 0.05) is 23.0 Å². The van der Waals surface area contributed by atoms with Crippen LogP contribution >= 0.6 is 11.6 Å². The topological polar surface area (TPSA) is 148 Å². The highest BCUT2D eigenvalue weighted by molar-refractivity contribution is 6.30. The van der Waals surface area contributed by atoms with Crippen LogP contribution in [0.1, 0.15) is 25.5 Å². The zero-order chi connectivity index (χ0) is 27.7. The normalized spacial score (nSPS) is 13.5. The molecule has 198 valence electrons. The molecule has 0 saturated carbocycles. The second-order valence-electron chi connectivity index (χ2n) is 9.01. The predicted octanol–water partition coefficient (Wildman–Crippen LogP) is 3.76. The van der Waals surface area contributed by atoms with Gasteiger partial charge in [0.05, 0.1) is 24.2 Å². The maximum Gasteiger partial charge on any atom is 0.335 e. The van der Waals surface area contributed by atoms with Gasteiger partial charge in [0.15, 0.2) is 5.58 Å². The average Bonchev–Trinajstić information content (AvgIpc) is 3.35. The van der Waals surface area contributed by atoms with Gasteiger partial charge in [0.2, 0.25) is 11.5 Å². The third kappa shape index (κ3) is 5.30. The second-order valence-corrected chi connectivity index (χ2v) is 9.44. The Morgan fingerprint density at radius 2 is 1.82 bits per heavy atom. The molecule has 3 aromatic heterocycles. The maximum absolute atomic E-state index is 13.6. The third-order valence-corrected chi connectivity index (χ3v) is 6.69. The summed E-state index contributed by atoms with van der Waals surface area (Å²) in [5.74, 6) is -1.70. The largest absolute Gasteiger partial charge is 0.481 e. The summed E-state index contributed by atoms with van der Waals surface area (Å²) in [6.45, 7) is 3.00. The van der Waals surface area contributed by atoms with Crippen LogP contribution in [0.4, 0.5) is 5.69 Å². The van der Waals surface area contributed by atoms with Gasteiger partial charge in [0.1, 0.15) is 5.52 Å². The van der Waals surface area contributed by atoms with Crippen LogP contribution in [0.3, 0.4) is 0 Å². The number of halogens is 1. The number of fused-ring (bicyclic) bond motifs is 1. The minimum atomic E-state index is -1.13. The van der Waals surface area contributed by atoms with Crippen molar-refractivity contribution in [3.63, 3.8) is 0 Å². The number of nitrogens with zero attached hydrogens (tertiary/aromatic N) is 5. The van der Waals surface area contributed by atoms with Crippen LogP contribution in [0, 0.1) is 5.92 Å². The van der Waals surface area contributed by atoms with E-state index in [1.165, 1.54) is 18.4 Å². The van der Waals surface area contributed by atoms with Crippen molar-refractivity contribution in [3.8, 4) is 11.5 Å². The lowest BCUT2D eigenvalue weighted by atomic mass is 10.0. The SMILES string of the molecule is C[C@@H](C(=O)O)[C@H](C)n1c(=O)[nH]/c(=N\c2ccc3oc(-c4ccncc4)nc3c2)n(Cc2ccc(Cl)cc2)c1=O. The quantitative estimate of drug-likeness (QED) is 0.316. The number of hydrogen-bond donors (Lipinski definition) is 2. The highest BCUT2D eigenvalue weighted by Crippen LogP contribution is 2.26. The molecule has 0 aliphatic carbocycles. The van der Waals surface area contributed by atoms with Crippen molar-refractivity contribution in [2.75, 3.05) is 0 Å². The molecule has 39 heavy (non-hydrogen) atoms. The number of rotatable bonds is 7. The first-order chi connectivity index (χ1) is 18.7. The van der Waals surface area contributed by atoms with Gasteiger partial charge in [-0.3, -0.25) is 19.3 Å². The molecule has 0 spiro atoms. The Kier molecular flexibility index (Phi) is 6.99. The number of carbonyl (C=O) groups is 1. The molecule has 0 aliphatic rings. The fourth-order valence-electron chi connectivity index (χ4n) is 4.05. The highest BCUT2D eigenvalue weighted by atomic mass is 35.5. The molecule has 2 atom stereocenters. The van der Waals surface area contributed by atoms with Crippen LogP contribution < -0.4 is 17.0 Å². The summed E-state index contributed by atoms with van der Waals surface area (Å²) >= 11 is 6.01. The molecule has 5 rings (SSSR count). The Labute approximate surface area is 225 Å². The number of aromatic nitrogens is 5. The van der Waals surface area contributed by atoms with Crippen LogP contribution in [0.2, 0.25) is 5.02 Å². The summed E-state index contributed by atoms with van der Waals surface area (Å²) in [6, 6.07) is 14.6. The molecule has 5 aromatic rings. The number of carboxylic acid groups (broad SMARTS) is 1. The number of hydrogen-bond acceptors (Lipinski definition) is 7. The summed E-state index contributed by atoms with van der Waals surface area (Å²) in [5, 5.41) is 9.99. The molecule has 0 aliphatic heterocycles. The van der Waals surface area contributed by atoms with Crippen LogP contribution in [0.5, 0.6) is 0 Å². The van der Waals surface area contributed by atoms with Crippen molar-refractivity contribution in [1.82, 2.24) is 24.1 Å². The van der Waals surface area contributed by atoms with Gasteiger partial charge in [-0.2, -0.15) is 0 Å². The Hall–Kier alpha value is -4.77. The van der Waals surface area contributed by atoms with Crippen molar-refractivity contribution in [2.24, 2.45) is 10.9 Å². The van der Waals surface area contributed by atoms with Gasteiger partial charge in [-0.15, -0.1) is 0 Å². The van der Waals surface area contributed by atoms with E-state index >= 15 is 0 Å². The van der Waals surface area contributed by atoms with Crippen LogP contribution in [-0.4, -0.2) is 35.2 Å². The smallest absolute Gasteiger partial charge is 0.335 e. The second kappa shape index (κ2) is 10.5. The third-order valence-electron chi connectivity index (χ3n) is 6.44. The Balaban J connectivity index is 1.65. The maximum atomic E-state index is 13.6. The van der Waals surface area contributed by atoms with E-state index < -0.39 is 29.3 Å². The first kappa shape index (κ1) is 25.9. The first-order valence-corrected chi connectivity index (χ1v) is 12.4. The lowest BCUT2D eigenvalue weighted by molar-refractivity contribution is -0.142. The minimum Gasteiger partial charge on any atom is -0.481 e. The number of aromatic amines is 1. The zero-order valence-corrected chi connectivity index (χ0v) is 21.7. The average molecular weight is 547 g/mol. The molecule has 2 N–H and O–H groups in total. The van der Waals surface area contributed by atoms with E-state index in [0.717, 1.165) is 15.7 Å². The number of nitrogens with one attached hydrogen (secondary N) is 1. The van der Waals surface area contributed by atoms with Crippen molar-refractivity contribution in [1.29, 1.82) is 0 Å². The lowest BCUT2D eigenvalue weighted by Gasteiger charge is -2.19. The molecule has 0 unspecified atom stereocenters. The molecule has 0 radical (unpaired) electrons. The van der Waals surface area contributed by atoms with Crippen molar-refractivity contribution < 1.29 is 14.3 Å². The van der Waals surface area contributed by atoms with E-state index in [9.17, 15) is 19.5 Å². The number of carboxylic acids is 1. The number of pyridine rings is 1. The van der Waals surface area contributed by atoms with Gasteiger partial charge in [-0.25, -0.2) is 24.1 Å². The minimum absolute atomic E-state index is 0.0106. The molecule has 0 bridgehead atoms. The first-order valence-electron chi connectivity index (χ1n) is 12.0. The molecule has 12 heteroatoms. The van der Waals surface area contributed by atoms with Gasteiger partial charge in [-0.05, 0) is 61.9 Å². The molecule has 0 fully saturated rings. The van der Waals surface area contributed by atoms with E-state index in [1.807, 2.05) is 0 Å². The summed E-state index contributed by atoms with van der Waals surface area (Å²) in [5.41, 5.74) is 1.50. The summed E-state index contributed by atoms with van der Waals surface area (Å²) in [4.78, 5) is 53.9. The van der Waals surface area contributed by atoms with Gasteiger partial charge in [-0.1, -0.05) is 23.7 Å². The molecule has 11 nitrogen and oxygen atoms in total. The number of H-pyrrole nitrogens is 1. The predicted molar refractivity (Wildman–Crippen MR) is 144 cm³/mol. The van der Waals surface area contributed by atoms with Crippen LogP contribution in [0.25, 0.3) is 22.6 Å². The van der Waals surface area contributed by atoms with Crippen molar-refractivity contribution in [3.05, 3.63) is 104 Å². The lowest BCUT2D eigenvalue weighted by Crippen LogP contribution is -2.52. The van der Waals surface area contributed by atoms with Gasteiger partial charge in [0.25, 0.3) is 0 Å². The summed E-state index contributed by atoms with van der Waals surface area (Å²) in [6.07, 6.45) is 3.28. The van der Waals surface area contributed by atoms with Crippen LogP contribution in [0.15, 0.2) is 86.0 Å². The Morgan fingerprint density at radius 1 is 1.10 bits per heavy atom. The van der Waals surface area contributed by atoms with E-state index in [-0.39, 0.29) is 12.2 Å². The van der Waals surface area contributed by atoms with E-state index in [1.54, 1.807) is 67.0 Å². The van der Waals surface area contributed by atoms with E-state index in [4.69, 9.17) is 16.0 Å². The van der Waals surface area contributed by atoms with Gasteiger partial charge >= 0.3 is 17.3 Å².